The number of fused-ring (bicyclic) bond motifs is 2. The van der Waals surface area contributed by atoms with E-state index < -0.39 is 5.97 Å². The van der Waals surface area contributed by atoms with E-state index in [1.54, 1.807) is 0 Å². The summed E-state index contributed by atoms with van der Waals surface area (Å²) in [6, 6.07) is 27.2. The number of ether oxygens (including phenoxy) is 1. The van der Waals surface area contributed by atoms with E-state index in [1.165, 1.54) is 34.0 Å². The average Bonchev–Trinajstić information content (AvgIpc) is 3.33. The Labute approximate surface area is 229 Å². The van der Waals surface area contributed by atoms with Crippen molar-refractivity contribution in [1.82, 2.24) is 14.5 Å². The van der Waals surface area contributed by atoms with Gasteiger partial charge in [-0.3, -0.25) is 0 Å². The van der Waals surface area contributed by atoms with Crippen LogP contribution in [-0.4, -0.2) is 45.2 Å². The minimum Gasteiger partial charge on any atom is -0.489 e. The molecule has 198 valence electrons. The molecule has 1 saturated heterocycles. The molecule has 0 aliphatic carbocycles. The summed E-state index contributed by atoms with van der Waals surface area (Å²) >= 11 is 0. The molecule has 1 N–H and O–H groups in total. The second kappa shape index (κ2) is 11.3. The van der Waals surface area contributed by atoms with Gasteiger partial charge in [0, 0.05) is 31.8 Å². The van der Waals surface area contributed by atoms with Crippen molar-refractivity contribution in [2.45, 2.75) is 38.8 Å². The number of aryl methyl sites for hydroxylation is 1. The first kappa shape index (κ1) is 25.1. The highest BCUT2D eigenvalue weighted by molar-refractivity contribution is 5.88. The molecular formula is C33H33N3O3. The maximum absolute atomic E-state index is 11.9. The number of imidazole rings is 1. The number of aromatic carboxylic acids is 1. The highest BCUT2D eigenvalue weighted by Crippen LogP contribution is 2.36. The summed E-state index contributed by atoms with van der Waals surface area (Å²) in [4.78, 5) is 19.0. The highest BCUT2D eigenvalue weighted by atomic mass is 16.5. The molecule has 4 aromatic rings. The number of piperidine rings is 1. The molecule has 0 amide bonds. The van der Waals surface area contributed by atoms with Crippen molar-refractivity contribution in [2.75, 3.05) is 19.6 Å². The lowest BCUT2D eigenvalue weighted by atomic mass is 9.90. The molecule has 0 atom stereocenters. The fourth-order valence-electron chi connectivity index (χ4n) is 5.73. The van der Waals surface area contributed by atoms with Crippen molar-refractivity contribution in [3.05, 3.63) is 124 Å². The minimum atomic E-state index is -0.922. The van der Waals surface area contributed by atoms with Crippen molar-refractivity contribution < 1.29 is 14.6 Å². The second-order valence-corrected chi connectivity index (χ2v) is 10.3. The van der Waals surface area contributed by atoms with Crippen molar-refractivity contribution >= 4 is 11.5 Å². The Morgan fingerprint density at radius 2 is 1.59 bits per heavy atom. The molecule has 1 fully saturated rings. The summed E-state index contributed by atoms with van der Waals surface area (Å²) in [6.07, 6.45) is 5.24. The lowest BCUT2D eigenvalue weighted by Crippen LogP contribution is -2.33. The lowest BCUT2D eigenvalue weighted by molar-refractivity contribution is 0.0685. The zero-order valence-electron chi connectivity index (χ0n) is 22.1. The molecule has 6 nitrogen and oxygen atoms in total. The second-order valence-electron chi connectivity index (χ2n) is 10.3. The SMILES string of the molecule is O=C(O)c1cnc2n1CCc1ccccc1C2=C1CCN(CCc2ccc(OCc3ccccc3)cc2)CC1. The lowest BCUT2D eigenvalue weighted by Gasteiger charge is -2.30. The number of hydrogen-bond acceptors (Lipinski definition) is 4. The Morgan fingerprint density at radius 3 is 2.36 bits per heavy atom. The van der Waals surface area contributed by atoms with Crippen LogP contribution in [0.3, 0.4) is 0 Å². The van der Waals surface area contributed by atoms with Gasteiger partial charge in [0.25, 0.3) is 0 Å². The smallest absolute Gasteiger partial charge is 0.354 e. The third kappa shape index (κ3) is 5.52. The molecule has 2 aliphatic heterocycles. The molecule has 0 saturated carbocycles. The van der Waals surface area contributed by atoms with E-state index in [0.717, 1.165) is 62.5 Å². The summed E-state index contributed by atoms with van der Waals surface area (Å²) in [6.45, 7) is 4.21. The van der Waals surface area contributed by atoms with Crippen LogP contribution in [0.5, 0.6) is 5.75 Å². The van der Waals surface area contributed by atoms with Crippen LogP contribution in [0, 0.1) is 0 Å². The molecule has 3 aromatic carbocycles. The summed E-state index contributed by atoms with van der Waals surface area (Å²) in [5.41, 5.74) is 7.74. The van der Waals surface area contributed by atoms with Gasteiger partial charge in [0.2, 0.25) is 0 Å². The molecule has 0 spiro atoms. The standard InChI is InChI=1S/C33H33N3O3/c37-33(38)30-22-34-32-31(29-9-5-4-8-26(29)17-21-36(30)32)27-15-19-35(20-16-27)18-14-24-10-12-28(13-11-24)39-23-25-6-2-1-3-7-25/h1-13,22H,14-21,23H2,(H,37,38). The Hall–Kier alpha value is -4.16. The average molecular weight is 520 g/mol. The van der Waals surface area contributed by atoms with Crippen molar-refractivity contribution in [3.63, 3.8) is 0 Å². The summed E-state index contributed by atoms with van der Waals surface area (Å²) in [7, 11) is 0. The summed E-state index contributed by atoms with van der Waals surface area (Å²) in [5.74, 6) is 0.773. The zero-order chi connectivity index (χ0) is 26.6. The van der Waals surface area contributed by atoms with Crippen LogP contribution in [0.2, 0.25) is 0 Å². The van der Waals surface area contributed by atoms with Crippen LogP contribution in [0.1, 0.15) is 51.4 Å². The number of carbonyl (C=O) groups is 1. The van der Waals surface area contributed by atoms with Crippen LogP contribution < -0.4 is 4.74 Å². The summed E-state index contributed by atoms with van der Waals surface area (Å²) in [5, 5.41) is 9.72. The predicted octanol–water partition coefficient (Wildman–Crippen LogP) is 5.86. The van der Waals surface area contributed by atoms with E-state index in [4.69, 9.17) is 4.74 Å². The maximum Gasteiger partial charge on any atom is 0.354 e. The molecule has 0 bridgehead atoms. The maximum atomic E-state index is 11.9. The highest BCUT2D eigenvalue weighted by Gasteiger charge is 2.27. The quantitative estimate of drug-likeness (QED) is 0.331. The number of likely N-dealkylation sites (tertiary alicyclic amines) is 1. The van der Waals surface area contributed by atoms with E-state index in [0.29, 0.717) is 13.2 Å². The first-order valence-electron chi connectivity index (χ1n) is 13.7. The number of aromatic nitrogens is 2. The van der Waals surface area contributed by atoms with Crippen LogP contribution in [0.15, 0.2) is 90.6 Å². The number of benzene rings is 3. The zero-order valence-corrected chi connectivity index (χ0v) is 22.1. The van der Waals surface area contributed by atoms with Gasteiger partial charge in [0.05, 0.1) is 6.20 Å². The third-order valence-corrected chi connectivity index (χ3v) is 7.89. The predicted molar refractivity (Wildman–Crippen MR) is 152 cm³/mol. The molecule has 1 aromatic heterocycles. The number of nitrogens with zero attached hydrogens (tertiary/aromatic N) is 3. The first-order valence-corrected chi connectivity index (χ1v) is 13.7. The van der Waals surface area contributed by atoms with Crippen LogP contribution in [-0.2, 0) is 26.0 Å². The monoisotopic (exact) mass is 519 g/mol. The van der Waals surface area contributed by atoms with Gasteiger partial charge < -0.3 is 19.3 Å². The van der Waals surface area contributed by atoms with Gasteiger partial charge >= 0.3 is 5.97 Å². The largest absolute Gasteiger partial charge is 0.489 e. The van der Waals surface area contributed by atoms with Gasteiger partial charge in [-0.05, 0) is 60.1 Å². The number of carboxylic acid groups (broad SMARTS) is 1. The molecule has 3 heterocycles. The third-order valence-electron chi connectivity index (χ3n) is 7.89. The first-order chi connectivity index (χ1) is 19.2. The molecule has 0 unspecified atom stereocenters. The fraction of sp³-hybridized carbons (Fsp3) is 0.273. The van der Waals surface area contributed by atoms with Gasteiger partial charge in [0.1, 0.15) is 23.9 Å². The van der Waals surface area contributed by atoms with Gasteiger partial charge in [0.15, 0.2) is 0 Å². The molecule has 6 rings (SSSR count). The van der Waals surface area contributed by atoms with Crippen LogP contribution in [0.4, 0.5) is 0 Å². The number of rotatable bonds is 7. The Balaban J connectivity index is 1.11. The number of hydrogen-bond donors (Lipinski definition) is 1. The van der Waals surface area contributed by atoms with Gasteiger partial charge in [-0.15, -0.1) is 0 Å². The molecule has 6 heteroatoms. The van der Waals surface area contributed by atoms with E-state index in [-0.39, 0.29) is 5.69 Å². The van der Waals surface area contributed by atoms with Gasteiger partial charge in [-0.2, -0.15) is 0 Å². The normalized spacial score (nSPS) is 15.4. The van der Waals surface area contributed by atoms with E-state index >= 15 is 0 Å². The molecule has 39 heavy (non-hydrogen) atoms. The molecule has 0 radical (unpaired) electrons. The molecular weight excluding hydrogens is 486 g/mol. The van der Waals surface area contributed by atoms with Crippen LogP contribution in [0.25, 0.3) is 5.57 Å². The van der Waals surface area contributed by atoms with Crippen molar-refractivity contribution in [2.24, 2.45) is 0 Å². The number of carboxylic acids is 1. The Morgan fingerprint density at radius 1 is 0.846 bits per heavy atom. The van der Waals surface area contributed by atoms with Gasteiger partial charge in [-0.25, -0.2) is 9.78 Å². The van der Waals surface area contributed by atoms with Gasteiger partial charge in [-0.1, -0.05) is 72.3 Å². The Bertz CT molecular complexity index is 1480. The van der Waals surface area contributed by atoms with E-state index in [1.807, 2.05) is 22.8 Å². The fourth-order valence-corrected chi connectivity index (χ4v) is 5.73. The minimum absolute atomic E-state index is 0.268. The Kier molecular flexibility index (Phi) is 7.28. The van der Waals surface area contributed by atoms with Crippen LogP contribution >= 0.6 is 0 Å². The molecule has 2 aliphatic rings. The van der Waals surface area contributed by atoms with E-state index in [2.05, 4.69) is 70.5 Å². The van der Waals surface area contributed by atoms with Crippen molar-refractivity contribution in [1.29, 1.82) is 0 Å². The topological polar surface area (TPSA) is 67.6 Å². The van der Waals surface area contributed by atoms with E-state index in [9.17, 15) is 9.90 Å². The summed E-state index contributed by atoms with van der Waals surface area (Å²) < 4.78 is 7.82. The van der Waals surface area contributed by atoms with Crippen molar-refractivity contribution in [3.8, 4) is 5.75 Å².